The van der Waals surface area contributed by atoms with Crippen molar-refractivity contribution in [2.75, 3.05) is 11.1 Å². The zero-order valence-corrected chi connectivity index (χ0v) is 14.5. The number of anilines is 1. The topological polar surface area (TPSA) is 63.2 Å². The quantitative estimate of drug-likeness (QED) is 0.869. The van der Waals surface area contributed by atoms with Crippen LogP contribution < -0.4 is 5.32 Å². The molecule has 24 heavy (non-hydrogen) atoms. The van der Waals surface area contributed by atoms with Crippen LogP contribution in [0.1, 0.15) is 23.1 Å². The molecule has 0 aliphatic heterocycles. The third kappa shape index (κ3) is 5.45. The Morgan fingerprint density at radius 1 is 1.12 bits per heavy atom. The average molecular weight is 349 g/mol. The highest BCUT2D eigenvalue weighted by atomic mass is 32.2. The van der Waals surface area contributed by atoms with Crippen molar-refractivity contribution in [3.8, 4) is 0 Å². The van der Waals surface area contributed by atoms with Gasteiger partial charge in [0.05, 0.1) is 11.5 Å². The number of benzene rings is 2. The van der Waals surface area contributed by atoms with E-state index in [-0.39, 0.29) is 17.9 Å². The second-order valence-corrected chi connectivity index (χ2v) is 8.01. The highest BCUT2D eigenvalue weighted by molar-refractivity contribution is 7.90. The van der Waals surface area contributed by atoms with Crippen molar-refractivity contribution >= 4 is 21.4 Å². The summed E-state index contributed by atoms with van der Waals surface area (Å²) in [5, 5.41) is 2.50. The van der Waals surface area contributed by atoms with Crippen molar-refractivity contribution in [3.05, 3.63) is 65.0 Å². The Bertz CT molecular complexity index is 847. The number of aryl methyl sites for hydroxylation is 2. The molecule has 6 heteroatoms. The molecule has 0 saturated carbocycles. The fourth-order valence-corrected chi connectivity index (χ4v) is 3.73. The second-order valence-electron chi connectivity index (χ2n) is 5.83. The Morgan fingerprint density at radius 3 is 2.58 bits per heavy atom. The molecule has 2 rings (SSSR count). The van der Waals surface area contributed by atoms with Gasteiger partial charge in [-0.25, -0.2) is 12.8 Å². The number of nitrogens with one attached hydrogen (secondary N) is 1. The normalized spacial score (nSPS) is 11.3. The summed E-state index contributed by atoms with van der Waals surface area (Å²) in [6, 6.07) is 11.1. The Labute approximate surface area is 141 Å². The molecule has 0 spiro atoms. The number of amides is 1. The van der Waals surface area contributed by atoms with Crippen LogP contribution in [0.3, 0.4) is 0 Å². The number of sulfone groups is 1. The van der Waals surface area contributed by atoms with E-state index in [4.69, 9.17) is 0 Å². The third-order valence-electron chi connectivity index (χ3n) is 3.63. The summed E-state index contributed by atoms with van der Waals surface area (Å²) in [4.78, 5) is 11.8. The van der Waals surface area contributed by atoms with Gasteiger partial charge >= 0.3 is 0 Å². The van der Waals surface area contributed by atoms with Crippen LogP contribution in [0.2, 0.25) is 0 Å². The van der Waals surface area contributed by atoms with E-state index in [9.17, 15) is 17.6 Å². The molecule has 0 atom stereocenters. The molecule has 0 aliphatic rings. The lowest BCUT2D eigenvalue weighted by molar-refractivity contribution is -0.115. The fraction of sp³-hybridized carbons (Fsp3) is 0.278. The smallest absolute Gasteiger partial charge is 0.225 e. The molecule has 4 nitrogen and oxygen atoms in total. The van der Waals surface area contributed by atoms with Gasteiger partial charge in [-0.1, -0.05) is 29.8 Å². The first kappa shape index (κ1) is 18.1. The monoisotopic (exact) mass is 349 g/mol. The first-order chi connectivity index (χ1) is 11.2. The third-order valence-corrected chi connectivity index (χ3v) is 5.21. The number of hydrogen-bond donors (Lipinski definition) is 1. The van der Waals surface area contributed by atoms with E-state index in [0.717, 1.165) is 16.7 Å². The fourth-order valence-electron chi connectivity index (χ4n) is 2.30. The van der Waals surface area contributed by atoms with Crippen LogP contribution in [0.4, 0.5) is 10.1 Å². The molecule has 0 bridgehead atoms. The van der Waals surface area contributed by atoms with Crippen LogP contribution in [0.25, 0.3) is 0 Å². The first-order valence-electron chi connectivity index (χ1n) is 7.57. The molecule has 0 radical (unpaired) electrons. The molecule has 1 amide bonds. The van der Waals surface area contributed by atoms with E-state index in [0.29, 0.717) is 5.69 Å². The van der Waals surface area contributed by atoms with Crippen molar-refractivity contribution in [3.63, 3.8) is 0 Å². The van der Waals surface area contributed by atoms with E-state index in [1.165, 1.54) is 18.2 Å². The number of carbonyl (C=O) groups excluding carboxylic acids is 1. The van der Waals surface area contributed by atoms with Crippen LogP contribution in [0, 0.1) is 19.7 Å². The predicted molar refractivity (Wildman–Crippen MR) is 93.1 cm³/mol. The van der Waals surface area contributed by atoms with Gasteiger partial charge in [0.15, 0.2) is 9.84 Å². The Morgan fingerprint density at radius 2 is 1.88 bits per heavy atom. The van der Waals surface area contributed by atoms with Crippen LogP contribution >= 0.6 is 0 Å². The highest BCUT2D eigenvalue weighted by Crippen LogP contribution is 2.15. The molecule has 2 aromatic rings. The maximum absolute atomic E-state index is 13.1. The summed E-state index contributed by atoms with van der Waals surface area (Å²) < 4.78 is 37.5. The molecule has 0 fully saturated rings. The molecule has 0 aromatic heterocycles. The van der Waals surface area contributed by atoms with Crippen molar-refractivity contribution in [1.29, 1.82) is 0 Å². The van der Waals surface area contributed by atoms with Gasteiger partial charge in [-0.05, 0) is 43.2 Å². The van der Waals surface area contributed by atoms with Crippen molar-refractivity contribution in [1.82, 2.24) is 0 Å². The molecule has 0 heterocycles. The Kier molecular flexibility index (Phi) is 5.72. The van der Waals surface area contributed by atoms with Gasteiger partial charge in [-0.2, -0.15) is 0 Å². The number of halogens is 1. The maximum atomic E-state index is 13.1. The number of carbonyl (C=O) groups is 1. The van der Waals surface area contributed by atoms with Crippen LogP contribution in [0.5, 0.6) is 0 Å². The summed E-state index contributed by atoms with van der Waals surface area (Å²) in [6.45, 7) is 3.77. The van der Waals surface area contributed by atoms with E-state index in [2.05, 4.69) is 5.32 Å². The van der Waals surface area contributed by atoms with Crippen molar-refractivity contribution in [2.45, 2.75) is 26.0 Å². The molecule has 128 valence electrons. The van der Waals surface area contributed by atoms with E-state index < -0.39 is 21.6 Å². The SMILES string of the molecule is Cc1ccc(C)c(CS(=O)(=O)CCC(=O)Nc2cccc(F)c2)c1. The summed E-state index contributed by atoms with van der Waals surface area (Å²) in [7, 11) is -3.40. The summed E-state index contributed by atoms with van der Waals surface area (Å²) >= 11 is 0. The van der Waals surface area contributed by atoms with Gasteiger partial charge < -0.3 is 5.32 Å². The lowest BCUT2D eigenvalue weighted by atomic mass is 10.1. The van der Waals surface area contributed by atoms with Gasteiger partial charge in [0, 0.05) is 12.1 Å². The molecule has 0 saturated heterocycles. The molecule has 0 unspecified atom stereocenters. The minimum atomic E-state index is -3.40. The van der Waals surface area contributed by atoms with Crippen LogP contribution in [-0.2, 0) is 20.4 Å². The minimum absolute atomic E-state index is 0.0895. The zero-order chi connectivity index (χ0) is 17.7. The highest BCUT2D eigenvalue weighted by Gasteiger charge is 2.16. The van der Waals surface area contributed by atoms with Gasteiger partial charge in [-0.15, -0.1) is 0 Å². The molecule has 2 aromatic carbocycles. The second kappa shape index (κ2) is 7.57. The van der Waals surface area contributed by atoms with E-state index in [1.54, 1.807) is 6.07 Å². The van der Waals surface area contributed by atoms with Gasteiger partial charge in [0.25, 0.3) is 0 Å². The van der Waals surface area contributed by atoms with Crippen molar-refractivity contribution < 1.29 is 17.6 Å². The standard InChI is InChI=1S/C18H20FNO3S/c1-13-6-7-14(2)15(10-13)12-24(22,23)9-8-18(21)20-17-5-3-4-16(19)11-17/h3-7,10-11H,8-9,12H2,1-2H3,(H,20,21). The molecule has 0 aliphatic carbocycles. The zero-order valence-electron chi connectivity index (χ0n) is 13.7. The van der Waals surface area contributed by atoms with Gasteiger partial charge in [-0.3, -0.25) is 4.79 Å². The van der Waals surface area contributed by atoms with Crippen molar-refractivity contribution in [2.24, 2.45) is 0 Å². The summed E-state index contributed by atoms with van der Waals surface area (Å²) in [5.74, 6) is -1.25. The lowest BCUT2D eigenvalue weighted by Gasteiger charge is -2.09. The minimum Gasteiger partial charge on any atom is -0.326 e. The van der Waals surface area contributed by atoms with Crippen LogP contribution in [0.15, 0.2) is 42.5 Å². The van der Waals surface area contributed by atoms with E-state index in [1.807, 2.05) is 32.0 Å². The summed E-state index contributed by atoms with van der Waals surface area (Å²) in [5.41, 5.74) is 2.97. The van der Waals surface area contributed by atoms with Crippen LogP contribution in [-0.4, -0.2) is 20.1 Å². The number of hydrogen-bond acceptors (Lipinski definition) is 3. The average Bonchev–Trinajstić information content (AvgIpc) is 2.49. The van der Waals surface area contributed by atoms with E-state index >= 15 is 0 Å². The lowest BCUT2D eigenvalue weighted by Crippen LogP contribution is -2.18. The Balaban J connectivity index is 1.94. The summed E-state index contributed by atoms with van der Waals surface area (Å²) in [6.07, 6.45) is -0.163. The maximum Gasteiger partial charge on any atom is 0.225 e. The molecule has 1 N–H and O–H groups in total. The number of rotatable bonds is 6. The molecular formula is C18H20FNO3S. The first-order valence-corrected chi connectivity index (χ1v) is 9.39. The van der Waals surface area contributed by atoms with Gasteiger partial charge in [0.2, 0.25) is 5.91 Å². The largest absolute Gasteiger partial charge is 0.326 e. The molecular weight excluding hydrogens is 329 g/mol. The van der Waals surface area contributed by atoms with Gasteiger partial charge in [0.1, 0.15) is 5.82 Å². The predicted octanol–water partition coefficient (Wildman–Crippen LogP) is 3.39. The Hall–Kier alpha value is -2.21.